The fourth-order valence-electron chi connectivity index (χ4n) is 2.72. The van der Waals surface area contributed by atoms with Gasteiger partial charge in [0.1, 0.15) is 0 Å². The van der Waals surface area contributed by atoms with E-state index in [1.807, 2.05) is 6.07 Å². The summed E-state index contributed by atoms with van der Waals surface area (Å²) in [5, 5.41) is 11.0. The van der Waals surface area contributed by atoms with Gasteiger partial charge in [-0.1, -0.05) is 18.2 Å². The van der Waals surface area contributed by atoms with Gasteiger partial charge in [0, 0.05) is 24.2 Å². The normalized spacial score (nSPS) is 18.1. The summed E-state index contributed by atoms with van der Waals surface area (Å²) in [5.74, 6) is 0. The average Bonchev–Trinajstić information content (AvgIpc) is 2.46. The number of anilines is 1. The standard InChI is InChI=1S/C15H18N2O3S/c16-12-4-5-14-11(10-12)2-1-3-15(14)21(19,20)17-8-6-13(18)7-9-17/h1-5,10,13,18H,6-9,16H2. The van der Waals surface area contributed by atoms with Gasteiger partial charge in [0.05, 0.1) is 11.0 Å². The summed E-state index contributed by atoms with van der Waals surface area (Å²) in [5.41, 5.74) is 6.36. The fourth-order valence-corrected chi connectivity index (χ4v) is 4.40. The number of hydrogen-bond acceptors (Lipinski definition) is 4. The number of nitrogens with two attached hydrogens (primary N) is 1. The number of nitrogens with zero attached hydrogens (tertiary/aromatic N) is 1. The topological polar surface area (TPSA) is 83.6 Å². The summed E-state index contributed by atoms with van der Waals surface area (Å²) in [7, 11) is -3.54. The molecule has 0 radical (unpaired) electrons. The molecule has 6 heteroatoms. The highest BCUT2D eigenvalue weighted by atomic mass is 32.2. The third-order valence-corrected chi connectivity index (χ3v) is 5.86. The Morgan fingerprint density at radius 2 is 1.86 bits per heavy atom. The summed E-state index contributed by atoms with van der Waals surface area (Å²) in [6.45, 7) is 0.712. The second-order valence-electron chi connectivity index (χ2n) is 5.37. The fraction of sp³-hybridized carbons (Fsp3) is 0.333. The molecule has 5 nitrogen and oxygen atoms in total. The van der Waals surface area contributed by atoms with Crippen LogP contribution in [0.3, 0.4) is 0 Å². The van der Waals surface area contributed by atoms with E-state index in [9.17, 15) is 13.5 Å². The van der Waals surface area contributed by atoms with Crippen molar-refractivity contribution < 1.29 is 13.5 Å². The molecule has 3 rings (SSSR count). The average molecular weight is 306 g/mol. The third kappa shape index (κ3) is 2.62. The molecule has 1 saturated heterocycles. The van der Waals surface area contributed by atoms with Gasteiger partial charge in [0.25, 0.3) is 0 Å². The molecular formula is C15H18N2O3S. The Balaban J connectivity index is 2.07. The second kappa shape index (κ2) is 5.29. The molecule has 0 unspecified atom stereocenters. The van der Waals surface area contributed by atoms with Crippen molar-refractivity contribution in [3.63, 3.8) is 0 Å². The van der Waals surface area contributed by atoms with Crippen molar-refractivity contribution in [2.24, 2.45) is 0 Å². The van der Waals surface area contributed by atoms with Crippen LogP contribution >= 0.6 is 0 Å². The van der Waals surface area contributed by atoms with Crippen molar-refractivity contribution in [3.8, 4) is 0 Å². The molecule has 0 spiro atoms. The molecule has 1 heterocycles. The first kappa shape index (κ1) is 14.3. The number of sulfonamides is 1. The van der Waals surface area contributed by atoms with Crippen LogP contribution in [0.15, 0.2) is 41.3 Å². The Morgan fingerprint density at radius 3 is 2.57 bits per heavy atom. The Labute approximate surface area is 124 Å². The van der Waals surface area contributed by atoms with Crippen LogP contribution in [0.4, 0.5) is 5.69 Å². The number of nitrogen functional groups attached to an aromatic ring is 1. The predicted molar refractivity (Wildman–Crippen MR) is 82.4 cm³/mol. The minimum atomic E-state index is -3.54. The molecule has 21 heavy (non-hydrogen) atoms. The van der Waals surface area contributed by atoms with E-state index in [0.717, 1.165) is 5.39 Å². The lowest BCUT2D eigenvalue weighted by molar-refractivity contribution is 0.113. The lowest BCUT2D eigenvalue weighted by atomic mass is 10.1. The predicted octanol–water partition coefficient (Wildman–Crippen LogP) is 1.57. The van der Waals surface area contributed by atoms with Gasteiger partial charge in [-0.2, -0.15) is 4.31 Å². The molecule has 112 valence electrons. The van der Waals surface area contributed by atoms with Crippen LogP contribution in [-0.2, 0) is 10.0 Å². The van der Waals surface area contributed by atoms with Gasteiger partial charge in [-0.3, -0.25) is 0 Å². The molecule has 2 aromatic carbocycles. The summed E-state index contributed by atoms with van der Waals surface area (Å²) in [4.78, 5) is 0.302. The number of benzene rings is 2. The van der Waals surface area contributed by atoms with Gasteiger partial charge in [0.2, 0.25) is 10.0 Å². The van der Waals surface area contributed by atoms with E-state index in [1.165, 1.54) is 4.31 Å². The Kier molecular flexibility index (Phi) is 3.61. The number of hydrogen-bond donors (Lipinski definition) is 2. The molecule has 0 aromatic heterocycles. The minimum Gasteiger partial charge on any atom is -0.399 e. The first-order valence-electron chi connectivity index (χ1n) is 6.95. The Hall–Kier alpha value is -1.63. The molecule has 3 N–H and O–H groups in total. The van der Waals surface area contributed by atoms with E-state index in [4.69, 9.17) is 5.73 Å². The van der Waals surface area contributed by atoms with E-state index in [-0.39, 0.29) is 0 Å². The SMILES string of the molecule is Nc1ccc2c(S(=O)(=O)N3CCC(O)CC3)cccc2c1. The molecule has 0 atom stereocenters. The zero-order valence-corrected chi connectivity index (χ0v) is 12.4. The first-order chi connectivity index (χ1) is 9.98. The summed E-state index contributed by atoms with van der Waals surface area (Å²) in [6.07, 6.45) is 0.567. The van der Waals surface area contributed by atoms with E-state index < -0.39 is 16.1 Å². The second-order valence-corrected chi connectivity index (χ2v) is 7.28. The highest BCUT2D eigenvalue weighted by Crippen LogP contribution is 2.28. The Bertz CT molecular complexity index is 766. The van der Waals surface area contributed by atoms with Crippen molar-refractivity contribution in [3.05, 3.63) is 36.4 Å². The minimum absolute atomic E-state index is 0.302. The van der Waals surface area contributed by atoms with Crippen molar-refractivity contribution in [2.75, 3.05) is 18.8 Å². The van der Waals surface area contributed by atoms with Gasteiger partial charge < -0.3 is 10.8 Å². The van der Waals surface area contributed by atoms with Crippen LogP contribution < -0.4 is 5.73 Å². The van der Waals surface area contributed by atoms with Crippen LogP contribution in [0.25, 0.3) is 10.8 Å². The van der Waals surface area contributed by atoms with Gasteiger partial charge in [-0.15, -0.1) is 0 Å². The van der Waals surface area contributed by atoms with Gasteiger partial charge in [-0.05, 0) is 36.4 Å². The van der Waals surface area contributed by atoms with Crippen molar-refractivity contribution in [1.29, 1.82) is 0 Å². The van der Waals surface area contributed by atoms with Crippen molar-refractivity contribution >= 4 is 26.5 Å². The smallest absolute Gasteiger partial charge is 0.243 e. The lowest BCUT2D eigenvalue weighted by Crippen LogP contribution is -2.40. The zero-order valence-electron chi connectivity index (χ0n) is 11.6. The van der Waals surface area contributed by atoms with Crippen LogP contribution in [-0.4, -0.2) is 37.0 Å². The van der Waals surface area contributed by atoms with Crippen LogP contribution in [0.2, 0.25) is 0 Å². The van der Waals surface area contributed by atoms with Crippen molar-refractivity contribution in [1.82, 2.24) is 4.31 Å². The quantitative estimate of drug-likeness (QED) is 0.825. The van der Waals surface area contributed by atoms with E-state index >= 15 is 0 Å². The van der Waals surface area contributed by atoms with Crippen LogP contribution in [0, 0.1) is 0 Å². The zero-order chi connectivity index (χ0) is 15.0. The highest BCUT2D eigenvalue weighted by Gasteiger charge is 2.29. The van der Waals surface area contributed by atoms with E-state index in [1.54, 1.807) is 30.3 Å². The van der Waals surface area contributed by atoms with Crippen LogP contribution in [0.5, 0.6) is 0 Å². The van der Waals surface area contributed by atoms with Gasteiger partial charge in [-0.25, -0.2) is 8.42 Å². The van der Waals surface area contributed by atoms with E-state index in [0.29, 0.717) is 41.9 Å². The maximum atomic E-state index is 12.8. The first-order valence-corrected chi connectivity index (χ1v) is 8.39. The Morgan fingerprint density at radius 1 is 1.14 bits per heavy atom. The summed E-state index contributed by atoms with van der Waals surface area (Å²) in [6, 6.07) is 10.4. The van der Waals surface area contributed by atoms with Gasteiger partial charge >= 0.3 is 0 Å². The molecule has 0 bridgehead atoms. The molecule has 1 aliphatic heterocycles. The summed E-state index contributed by atoms with van der Waals surface area (Å²) >= 11 is 0. The molecule has 0 saturated carbocycles. The summed E-state index contributed by atoms with van der Waals surface area (Å²) < 4.78 is 27.1. The van der Waals surface area contributed by atoms with Gasteiger partial charge in [0.15, 0.2) is 0 Å². The maximum Gasteiger partial charge on any atom is 0.243 e. The molecule has 0 amide bonds. The monoisotopic (exact) mass is 306 g/mol. The number of rotatable bonds is 2. The van der Waals surface area contributed by atoms with Crippen LogP contribution in [0.1, 0.15) is 12.8 Å². The number of fused-ring (bicyclic) bond motifs is 1. The number of aliphatic hydroxyl groups excluding tert-OH is 1. The largest absolute Gasteiger partial charge is 0.399 e. The molecule has 1 fully saturated rings. The molecule has 1 aliphatic rings. The molecular weight excluding hydrogens is 288 g/mol. The molecule has 0 aliphatic carbocycles. The number of aliphatic hydroxyl groups is 1. The third-order valence-electron chi connectivity index (χ3n) is 3.91. The number of piperidine rings is 1. The lowest BCUT2D eigenvalue weighted by Gasteiger charge is -2.29. The van der Waals surface area contributed by atoms with E-state index in [2.05, 4.69) is 0 Å². The highest BCUT2D eigenvalue weighted by molar-refractivity contribution is 7.89. The molecule has 2 aromatic rings. The van der Waals surface area contributed by atoms with Crippen molar-refractivity contribution in [2.45, 2.75) is 23.8 Å². The maximum absolute atomic E-state index is 12.8.